The van der Waals surface area contributed by atoms with Crippen molar-refractivity contribution in [1.82, 2.24) is 19.4 Å². The zero-order chi connectivity index (χ0) is 23.0. The molecule has 1 saturated heterocycles. The van der Waals surface area contributed by atoms with E-state index in [9.17, 15) is 8.42 Å². The Bertz CT molecular complexity index is 1370. The molecule has 0 amide bonds. The normalized spacial score (nSPS) is 15.7. The van der Waals surface area contributed by atoms with Crippen LogP contribution in [0.3, 0.4) is 0 Å². The maximum absolute atomic E-state index is 11.7. The topological polar surface area (TPSA) is 80.1 Å². The molecule has 0 unspecified atom stereocenters. The van der Waals surface area contributed by atoms with E-state index in [0.29, 0.717) is 16.8 Å². The lowest BCUT2D eigenvalue weighted by atomic mass is 9.89. The van der Waals surface area contributed by atoms with Gasteiger partial charge in [-0.15, -0.1) is 0 Å². The molecule has 170 valence electrons. The highest BCUT2D eigenvalue weighted by Gasteiger charge is 2.18. The molecular formula is C25H27N5O2S. The molecule has 0 spiro atoms. The predicted octanol–water partition coefficient (Wildman–Crippen LogP) is 4.38. The molecule has 7 nitrogen and oxygen atoms in total. The van der Waals surface area contributed by atoms with Gasteiger partial charge in [0, 0.05) is 35.4 Å². The third kappa shape index (κ3) is 4.62. The van der Waals surface area contributed by atoms with Crippen molar-refractivity contribution < 1.29 is 8.42 Å². The zero-order valence-electron chi connectivity index (χ0n) is 18.8. The van der Waals surface area contributed by atoms with Crippen molar-refractivity contribution in [3.63, 3.8) is 0 Å². The standard InChI is InChI=1S/C25H27N5O2S/c1-29-14-11-19(12-15-29)18-3-5-21(6-4-18)27-25-26-17-20-13-16-30(24(20)28-25)22-7-9-23(10-8-22)33(2,31)32/h3-10,13,16-17,19H,11-12,14-15H2,1-2H3,(H,26,27,28). The summed E-state index contributed by atoms with van der Waals surface area (Å²) in [4.78, 5) is 11.9. The average Bonchev–Trinajstić information content (AvgIpc) is 3.23. The van der Waals surface area contributed by atoms with E-state index in [0.717, 1.165) is 35.5 Å². The lowest BCUT2D eigenvalue weighted by Gasteiger charge is -2.29. The van der Waals surface area contributed by atoms with Crippen LogP contribution >= 0.6 is 0 Å². The first kappa shape index (κ1) is 21.6. The van der Waals surface area contributed by atoms with E-state index in [-0.39, 0.29) is 0 Å². The van der Waals surface area contributed by atoms with Crippen molar-refractivity contribution in [3.05, 3.63) is 72.6 Å². The molecule has 0 aliphatic carbocycles. The molecule has 1 aliphatic heterocycles. The van der Waals surface area contributed by atoms with Crippen LogP contribution in [0.1, 0.15) is 24.3 Å². The molecule has 3 heterocycles. The summed E-state index contributed by atoms with van der Waals surface area (Å²) in [7, 11) is -1.05. The number of benzene rings is 2. The van der Waals surface area contributed by atoms with Gasteiger partial charge in [0.1, 0.15) is 5.65 Å². The van der Waals surface area contributed by atoms with E-state index in [2.05, 4.69) is 46.5 Å². The molecule has 33 heavy (non-hydrogen) atoms. The fourth-order valence-electron chi connectivity index (χ4n) is 4.35. The summed E-state index contributed by atoms with van der Waals surface area (Å²) in [6.07, 6.45) is 7.31. The quantitative estimate of drug-likeness (QED) is 0.475. The van der Waals surface area contributed by atoms with E-state index in [4.69, 9.17) is 4.98 Å². The molecule has 4 aromatic rings. The van der Waals surface area contributed by atoms with E-state index in [1.54, 1.807) is 30.5 Å². The van der Waals surface area contributed by atoms with Crippen LogP contribution in [0.5, 0.6) is 0 Å². The molecule has 0 radical (unpaired) electrons. The number of sulfone groups is 1. The van der Waals surface area contributed by atoms with Gasteiger partial charge in [0.05, 0.1) is 4.90 Å². The van der Waals surface area contributed by atoms with Crippen LogP contribution in [0.15, 0.2) is 71.9 Å². The summed E-state index contributed by atoms with van der Waals surface area (Å²) in [5, 5.41) is 4.22. The highest BCUT2D eigenvalue weighted by molar-refractivity contribution is 7.90. The number of aromatic nitrogens is 3. The Morgan fingerprint density at radius 2 is 1.67 bits per heavy atom. The Labute approximate surface area is 194 Å². The lowest BCUT2D eigenvalue weighted by molar-refractivity contribution is 0.255. The molecular weight excluding hydrogens is 434 g/mol. The van der Waals surface area contributed by atoms with Gasteiger partial charge in [-0.2, -0.15) is 4.98 Å². The Hall–Kier alpha value is -3.23. The van der Waals surface area contributed by atoms with Crippen LogP contribution in [-0.4, -0.2) is 54.2 Å². The third-order valence-corrected chi connectivity index (χ3v) is 7.46. The second kappa shape index (κ2) is 8.61. The van der Waals surface area contributed by atoms with Gasteiger partial charge in [-0.05, 0) is 86.9 Å². The molecule has 8 heteroatoms. The average molecular weight is 462 g/mol. The highest BCUT2D eigenvalue weighted by atomic mass is 32.2. The summed E-state index contributed by atoms with van der Waals surface area (Å²) in [6, 6.07) is 17.3. The minimum Gasteiger partial charge on any atom is -0.324 e. The summed E-state index contributed by atoms with van der Waals surface area (Å²) in [6.45, 7) is 2.30. The highest BCUT2D eigenvalue weighted by Crippen LogP contribution is 2.29. The number of rotatable bonds is 5. The smallest absolute Gasteiger partial charge is 0.229 e. The first-order valence-electron chi connectivity index (χ1n) is 11.1. The van der Waals surface area contributed by atoms with Crippen molar-refractivity contribution in [2.45, 2.75) is 23.7 Å². The molecule has 1 aliphatic rings. The van der Waals surface area contributed by atoms with Gasteiger partial charge in [0.25, 0.3) is 0 Å². The second-order valence-electron chi connectivity index (χ2n) is 8.75. The number of fused-ring (bicyclic) bond motifs is 1. The molecule has 1 fully saturated rings. The number of piperidine rings is 1. The van der Waals surface area contributed by atoms with Gasteiger partial charge in [0.15, 0.2) is 9.84 Å². The summed E-state index contributed by atoms with van der Waals surface area (Å²) < 4.78 is 25.4. The SMILES string of the molecule is CN1CCC(c2ccc(Nc3ncc4ccn(-c5ccc(S(C)(=O)=O)cc5)c4n3)cc2)CC1. The molecule has 2 aromatic carbocycles. The van der Waals surface area contributed by atoms with Crippen molar-refractivity contribution in [2.75, 3.05) is 31.7 Å². The van der Waals surface area contributed by atoms with Gasteiger partial charge < -0.3 is 14.8 Å². The third-order valence-electron chi connectivity index (χ3n) is 6.33. The fourth-order valence-corrected chi connectivity index (χ4v) is 4.98. The molecule has 0 bridgehead atoms. The van der Waals surface area contributed by atoms with Gasteiger partial charge >= 0.3 is 0 Å². The largest absolute Gasteiger partial charge is 0.324 e. The van der Waals surface area contributed by atoms with Gasteiger partial charge in [0.2, 0.25) is 5.95 Å². The van der Waals surface area contributed by atoms with Crippen LogP contribution in [-0.2, 0) is 9.84 Å². The van der Waals surface area contributed by atoms with E-state index in [1.165, 1.54) is 24.7 Å². The first-order valence-corrected chi connectivity index (χ1v) is 13.0. The summed E-state index contributed by atoms with van der Waals surface area (Å²) in [5.41, 5.74) is 3.92. The molecule has 0 saturated carbocycles. The number of nitrogens with zero attached hydrogens (tertiary/aromatic N) is 4. The monoisotopic (exact) mass is 461 g/mol. The Morgan fingerprint density at radius 1 is 0.970 bits per heavy atom. The van der Waals surface area contributed by atoms with E-state index in [1.807, 2.05) is 16.8 Å². The second-order valence-corrected chi connectivity index (χ2v) is 10.8. The van der Waals surface area contributed by atoms with Crippen LogP contribution < -0.4 is 5.32 Å². The minimum absolute atomic E-state index is 0.295. The van der Waals surface area contributed by atoms with Gasteiger partial charge in [-0.1, -0.05) is 12.1 Å². The van der Waals surface area contributed by atoms with Crippen LogP contribution in [0.25, 0.3) is 16.7 Å². The van der Waals surface area contributed by atoms with Crippen LogP contribution in [0.4, 0.5) is 11.6 Å². The van der Waals surface area contributed by atoms with Crippen molar-refractivity contribution in [3.8, 4) is 5.69 Å². The summed E-state index contributed by atoms with van der Waals surface area (Å²) in [5.74, 6) is 1.14. The Kier molecular flexibility index (Phi) is 5.64. The van der Waals surface area contributed by atoms with Gasteiger partial charge in [-0.25, -0.2) is 13.4 Å². The zero-order valence-corrected chi connectivity index (χ0v) is 19.6. The number of likely N-dealkylation sites (tertiary alicyclic amines) is 1. The molecule has 0 atom stereocenters. The van der Waals surface area contributed by atoms with Crippen LogP contribution in [0, 0.1) is 0 Å². The van der Waals surface area contributed by atoms with E-state index >= 15 is 0 Å². The van der Waals surface area contributed by atoms with E-state index < -0.39 is 9.84 Å². The van der Waals surface area contributed by atoms with Crippen molar-refractivity contribution in [1.29, 1.82) is 0 Å². The van der Waals surface area contributed by atoms with Gasteiger partial charge in [-0.3, -0.25) is 0 Å². The maximum atomic E-state index is 11.7. The maximum Gasteiger partial charge on any atom is 0.229 e. The number of nitrogens with one attached hydrogen (secondary N) is 1. The molecule has 2 aromatic heterocycles. The van der Waals surface area contributed by atoms with Crippen molar-refractivity contribution in [2.24, 2.45) is 0 Å². The van der Waals surface area contributed by atoms with Crippen LogP contribution in [0.2, 0.25) is 0 Å². The molecule has 1 N–H and O–H groups in total. The fraction of sp³-hybridized carbons (Fsp3) is 0.280. The Balaban J connectivity index is 1.36. The van der Waals surface area contributed by atoms with Crippen molar-refractivity contribution >= 4 is 32.5 Å². The predicted molar refractivity (Wildman–Crippen MR) is 131 cm³/mol. The lowest BCUT2D eigenvalue weighted by Crippen LogP contribution is -2.29. The number of hydrogen-bond acceptors (Lipinski definition) is 6. The minimum atomic E-state index is -3.23. The molecule has 5 rings (SSSR count). The number of hydrogen-bond donors (Lipinski definition) is 1. The first-order chi connectivity index (χ1) is 15.9. The number of anilines is 2. The Morgan fingerprint density at radius 3 is 2.33 bits per heavy atom. The summed E-state index contributed by atoms with van der Waals surface area (Å²) >= 11 is 0.